The van der Waals surface area contributed by atoms with Gasteiger partial charge in [-0.3, -0.25) is 9.59 Å². The Morgan fingerprint density at radius 3 is 2.44 bits per heavy atom. The van der Waals surface area contributed by atoms with E-state index in [2.05, 4.69) is 22.3 Å². The van der Waals surface area contributed by atoms with Crippen LogP contribution in [-0.2, 0) is 20.7 Å². The summed E-state index contributed by atoms with van der Waals surface area (Å²) in [5.41, 5.74) is 7.46. The predicted molar refractivity (Wildman–Crippen MR) is 96.1 cm³/mol. The van der Waals surface area contributed by atoms with Crippen molar-refractivity contribution in [3.8, 4) is 0 Å². The Labute approximate surface area is 148 Å². The van der Waals surface area contributed by atoms with E-state index in [1.165, 1.54) is 5.56 Å². The number of nitrogens with two attached hydrogens (primary N) is 1. The second kappa shape index (κ2) is 8.45. The molecule has 3 N–H and O–H groups in total. The third-order valence-corrected chi connectivity index (χ3v) is 5.23. The Kier molecular flexibility index (Phi) is 6.04. The van der Waals surface area contributed by atoms with Crippen LogP contribution in [0.4, 0.5) is 5.69 Å². The van der Waals surface area contributed by atoms with E-state index in [0.717, 1.165) is 51.0 Å². The van der Waals surface area contributed by atoms with Crippen molar-refractivity contribution in [2.45, 2.75) is 25.7 Å². The third kappa shape index (κ3) is 5.03. The number of nitrogens with one attached hydrogen (secondary N) is 1. The maximum atomic E-state index is 12.1. The van der Waals surface area contributed by atoms with Crippen LogP contribution in [0.5, 0.6) is 0 Å². The van der Waals surface area contributed by atoms with E-state index in [4.69, 9.17) is 10.5 Å². The number of ether oxygens (including phenoxy) is 1. The molecule has 0 aliphatic carbocycles. The number of rotatable bonds is 6. The summed E-state index contributed by atoms with van der Waals surface area (Å²) in [6.45, 7) is 4.05. The van der Waals surface area contributed by atoms with Gasteiger partial charge in [0.2, 0.25) is 11.8 Å². The van der Waals surface area contributed by atoms with Crippen LogP contribution in [-0.4, -0.2) is 49.6 Å². The van der Waals surface area contributed by atoms with E-state index < -0.39 is 0 Å². The highest BCUT2D eigenvalue weighted by atomic mass is 16.5. The molecule has 2 amide bonds. The first-order valence-electron chi connectivity index (χ1n) is 9.11. The lowest BCUT2D eigenvalue weighted by atomic mass is 9.96. The monoisotopic (exact) mass is 345 g/mol. The van der Waals surface area contributed by atoms with Crippen LogP contribution in [0.15, 0.2) is 24.3 Å². The SMILES string of the molecule is NC(=O)C1CCN(CCc2ccc(NC(=O)C3CCOC3)cc2)CC1. The average molecular weight is 345 g/mol. The minimum Gasteiger partial charge on any atom is -0.381 e. The molecule has 1 unspecified atom stereocenters. The van der Waals surface area contributed by atoms with Crippen molar-refractivity contribution < 1.29 is 14.3 Å². The molecule has 1 aromatic carbocycles. The van der Waals surface area contributed by atoms with E-state index in [0.29, 0.717) is 13.2 Å². The Bertz CT molecular complexity index is 588. The largest absolute Gasteiger partial charge is 0.381 e. The number of nitrogens with zero attached hydrogens (tertiary/aromatic N) is 1. The molecular formula is C19H27N3O3. The van der Waals surface area contributed by atoms with Crippen LogP contribution >= 0.6 is 0 Å². The lowest BCUT2D eigenvalue weighted by Gasteiger charge is -2.30. The van der Waals surface area contributed by atoms with Gasteiger partial charge in [0.05, 0.1) is 12.5 Å². The van der Waals surface area contributed by atoms with Crippen LogP contribution in [0.3, 0.4) is 0 Å². The molecule has 6 heteroatoms. The molecule has 1 aromatic rings. The van der Waals surface area contributed by atoms with E-state index >= 15 is 0 Å². The number of piperidine rings is 1. The summed E-state index contributed by atoms with van der Waals surface area (Å²) in [5.74, 6) is -0.101. The number of benzene rings is 1. The minimum atomic E-state index is -0.165. The van der Waals surface area contributed by atoms with Gasteiger partial charge in [0, 0.05) is 24.8 Å². The zero-order valence-corrected chi connectivity index (χ0v) is 14.6. The van der Waals surface area contributed by atoms with Gasteiger partial charge < -0.3 is 20.7 Å². The molecule has 0 aromatic heterocycles. The van der Waals surface area contributed by atoms with Crippen molar-refractivity contribution >= 4 is 17.5 Å². The van der Waals surface area contributed by atoms with Gasteiger partial charge in [0.25, 0.3) is 0 Å². The standard InChI is InChI=1S/C19H27N3O3/c20-18(23)15-6-10-22(11-7-15)9-5-14-1-3-17(4-2-14)21-19(24)16-8-12-25-13-16/h1-4,15-16H,5-13H2,(H2,20,23)(H,21,24). The van der Waals surface area contributed by atoms with Gasteiger partial charge in [-0.1, -0.05) is 12.1 Å². The van der Waals surface area contributed by atoms with Gasteiger partial charge in [-0.25, -0.2) is 0 Å². The number of likely N-dealkylation sites (tertiary alicyclic amines) is 1. The van der Waals surface area contributed by atoms with Crippen molar-refractivity contribution in [2.24, 2.45) is 17.6 Å². The molecule has 3 rings (SSSR count). The van der Waals surface area contributed by atoms with Crippen LogP contribution in [0.2, 0.25) is 0 Å². The zero-order chi connectivity index (χ0) is 17.6. The second-order valence-corrected chi connectivity index (χ2v) is 7.01. The van der Waals surface area contributed by atoms with Gasteiger partial charge in [0.1, 0.15) is 0 Å². The van der Waals surface area contributed by atoms with Crippen molar-refractivity contribution in [1.82, 2.24) is 4.90 Å². The summed E-state index contributed by atoms with van der Waals surface area (Å²) in [6.07, 6.45) is 3.50. The molecule has 0 saturated carbocycles. The summed E-state index contributed by atoms with van der Waals surface area (Å²) in [6, 6.07) is 8.05. The topological polar surface area (TPSA) is 84.7 Å². The molecule has 0 radical (unpaired) electrons. The highest BCUT2D eigenvalue weighted by molar-refractivity contribution is 5.92. The predicted octanol–water partition coefficient (Wildman–Crippen LogP) is 1.40. The van der Waals surface area contributed by atoms with E-state index in [9.17, 15) is 9.59 Å². The fraction of sp³-hybridized carbons (Fsp3) is 0.579. The van der Waals surface area contributed by atoms with E-state index in [-0.39, 0.29) is 23.7 Å². The summed E-state index contributed by atoms with van der Waals surface area (Å²) < 4.78 is 5.25. The summed E-state index contributed by atoms with van der Waals surface area (Å²) in [4.78, 5) is 25.7. The minimum absolute atomic E-state index is 0.0250. The number of anilines is 1. The molecule has 2 heterocycles. The number of amides is 2. The summed E-state index contributed by atoms with van der Waals surface area (Å²) in [7, 11) is 0. The molecule has 1 atom stereocenters. The summed E-state index contributed by atoms with van der Waals surface area (Å²) >= 11 is 0. The van der Waals surface area contributed by atoms with Crippen LogP contribution in [0.25, 0.3) is 0 Å². The third-order valence-electron chi connectivity index (χ3n) is 5.23. The number of carbonyl (C=O) groups is 2. The van der Waals surface area contributed by atoms with Crippen molar-refractivity contribution in [2.75, 3.05) is 38.2 Å². The Hall–Kier alpha value is -1.92. The number of carbonyl (C=O) groups excluding carboxylic acids is 2. The van der Waals surface area contributed by atoms with Crippen LogP contribution < -0.4 is 11.1 Å². The van der Waals surface area contributed by atoms with Crippen molar-refractivity contribution in [3.05, 3.63) is 29.8 Å². The quantitative estimate of drug-likeness (QED) is 0.816. The fourth-order valence-corrected chi connectivity index (χ4v) is 3.47. The lowest BCUT2D eigenvalue weighted by Crippen LogP contribution is -2.39. The molecule has 25 heavy (non-hydrogen) atoms. The molecule has 2 fully saturated rings. The molecule has 2 aliphatic rings. The molecule has 2 saturated heterocycles. The zero-order valence-electron chi connectivity index (χ0n) is 14.6. The molecule has 136 valence electrons. The second-order valence-electron chi connectivity index (χ2n) is 7.01. The number of hydrogen-bond donors (Lipinski definition) is 2. The molecule has 0 spiro atoms. The van der Waals surface area contributed by atoms with E-state index in [1.54, 1.807) is 0 Å². The maximum Gasteiger partial charge on any atom is 0.229 e. The molecule has 6 nitrogen and oxygen atoms in total. The number of primary amides is 1. The maximum absolute atomic E-state index is 12.1. The molecule has 2 aliphatic heterocycles. The fourth-order valence-electron chi connectivity index (χ4n) is 3.47. The van der Waals surface area contributed by atoms with Crippen molar-refractivity contribution in [1.29, 1.82) is 0 Å². The van der Waals surface area contributed by atoms with Gasteiger partial charge in [-0.05, 0) is 56.5 Å². The van der Waals surface area contributed by atoms with Crippen LogP contribution in [0.1, 0.15) is 24.8 Å². The first-order chi connectivity index (χ1) is 12.1. The van der Waals surface area contributed by atoms with Gasteiger partial charge in [0.15, 0.2) is 0 Å². The molecular weight excluding hydrogens is 318 g/mol. The Balaban J connectivity index is 1.42. The summed E-state index contributed by atoms with van der Waals surface area (Å²) in [5, 5.41) is 2.96. The normalized spacial score (nSPS) is 22.0. The first-order valence-corrected chi connectivity index (χ1v) is 9.11. The Morgan fingerprint density at radius 2 is 1.84 bits per heavy atom. The van der Waals surface area contributed by atoms with Gasteiger partial charge in [-0.2, -0.15) is 0 Å². The highest BCUT2D eigenvalue weighted by Gasteiger charge is 2.24. The average Bonchev–Trinajstić information content (AvgIpc) is 3.16. The van der Waals surface area contributed by atoms with E-state index in [1.807, 2.05) is 12.1 Å². The van der Waals surface area contributed by atoms with Gasteiger partial charge in [-0.15, -0.1) is 0 Å². The lowest BCUT2D eigenvalue weighted by molar-refractivity contribution is -0.123. The van der Waals surface area contributed by atoms with Crippen LogP contribution in [0, 0.1) is 11.8 Å². The first kappa shape index (κ1) is 17.9. The van der Waals surface area contributed by atoms with Gasteiger partial charge >= 0.3 is 0 Å². The van der Waals surface area contributed by atoms with Crippen molar-refractivity contribution in [3.63, 3.8) is 0 Å². The molecule has 0 bridgehead atoms. The highest BCUT2D eigenvalue weighted by Crippen LogP contribution is 2.18. The Morgan fingerprint density at radius 1 is 1.12 bits per heavy atom. The smallest absolute Gasteiger partial charge is 0.229 e. The number of hydrogen-bond acceptors (Lipinski definition) is 4.